The van der Waals surface area contributed by atoms with Gasteiger partial charge in [-0.3, -0.25) is 4.79 Å². The van der Waals surface area contributed by atoms with Crippen molar-refractivity contribution in [2.24, 2.45) is 0 Å². The number of fused-ring (bicyclic) bond motifs is 1. The van der Waals surface area contributed by atoms with Crippen LogP contribution in [0.25, 0.3) is 4.96 Å². The maximum absolute atomic E-state index is 11.9. The van der Waals surface area contributed by atoms with E-state index in [1.54, 1.807) is 27.4 Å². The molecule has 0 aliphatic rings. The lowest BCUT2D eigenvalue weighted by molar-refractivity contribution is -0.666. The molecule has 21 heavy (non-hydrogen) atoms. The molecule has 3 rings (SSSR count). The summed E-state index contributed by atoms with van der Waals surface area (Å²) in [4.78, 5) is 16.7. The van der Waals surface area contributed by atoms with Crippen molar-refractivity contribution in [3.8, 4) is 5.88 Å². The summed E-state index contributed by atoms with van der Waals surface area (Å²) in [7, 11) is 0. The molecule has 3 heterocycles. The van der Waals surface area contributed by atoms with Gasteiger partial charge in [-0.2, -0.15) is 8.97 Å². The van der Waals surface area contributed by atoms with Crippen molar-refractivity contribution in [1.82, 2.24) is 9.38 Å². The molecule has 8 heteroatoms. The van der Waals surface area contributed by atoms with Gasteiger partial charge in [-0.25, -0.2) is 4.98 Å². The average molecular weight is 343 g/mol. The molecule has 0 saturated carbocycles. The number of imidazole rings is 1. The Bertz CT molecular complexity index is 811. The largest absolute Gasteiger partial charge is 0.475 e. The van der Waals surface area contributed by atoms with E-state index in [4.69, 9.17) is 23.2 Å². The number of hydrogen-bond donors (Lipinski definition) is 1. The zero-order chi connectivity index (χ0) is 15.0. The van der Waals surface area contributed by atoms with Gasteiger partial charge in [0, 0.05) is 17.1 Å². The van der Waals surface area contributed by atoms with Gasteiger partial charge in [0.15, 0.2) is 0 Å². The zero-order valence-corrected chi connectivity index (χ0v) is 13.0. The van der Waals surface area contributed by atoms with Crippen molar-refractivity contribution in [2.45, 2.75) is 6.54 Å². The van der Waals surface area contributed by atoms with Crippen LogP contribution < -0.4 is 4.57 Å². The summed E-state index contributed by atoms with van der Waals surface area (Å²) in [5, 5.41) is 12.6. The third-order valence-electron chi connectivity index (χ3n) is 3.04. The van der Waals surface area contributed by atoms with Gasteiger partial charge in [0.05, 0.1) is 5.88 Å². The van der Waals surface area contributed by atoms with Crippen LogP contribution in [0.15, 0.2) is 29.9 Å². The minimum atomic E-state index is -0.324. The Morgan fingerprint density at radius 2 is 2.29 bits per heavy atom. The second kappa shape index (κ2) is 5.63. The SMILES string of the molecule is O=C(CCl)c1c(O)[n+](Cc2ccc(Cl)nc2)c2sccn12. The fourth-order valence-corrected chi connectivity index (χ4v) is 3.20. The van der Waals surface area contributed by atoms with Gasteiger partial charge in [0.25, 0.3) is 5.69 Å². The van der Waals surface area contributed by atoms with Crippen molar-refractivity contribution in [2.75, 3.05) is 5.88 Å². The number of ketones is 1. The Labute approximate surface area is 134 Å². The molecule has 0 spiro atoms. The number of aromatic hydroxyl groups is 1. The lowest BCUT2D eigenvalue weighted by Gasteiger charge is -1.99. The molecule has 0 aromatic carbocycles. The maximum atomic E-state index is 11.9. The van der Waals surface area contributed by atoms with Crippen LogP contribution in [-0.4, -0.2) is 26.2 Å². The van der Waals surface area contributed by atoms with Crippen molar-refractivity contribution in [3.05, 3.63) is 46.3 Å². The molecular weight excluding hydrogens is 333 g/mol. The lowest BCUT2D eigenvalue weighted by atomic mass is 10.3. The lowest BCUT2D eigenvalue weighted by Crippen LogP contribution is -2.33. The summed E-state index contributed by atoms with van der Waals surface area (Å²) < 4.78 is 3.30. The standard InChI is InChI=1S/C13H9Cl2N3O2S/c14-5-9(19)11-12(20)18(13-17(11)3-4-21-13)7-8-1-2-10(15)16-6-8/h1-4,6H,5,7H2/p+1. The topological polar surface area (TPSA) is 58.5 Å². The van der Waals surface area contributed by atoms with Crippen molar-refractivity contribution < 1.29 is 14.5 Å². The molecule has 3 aromatic rings. The van der Waals surface area contributed by atoms with Gasteiger partial charge in [-0.1, -0.05) is 29.0 Å². The molecule has 0 amide bonds. The highest BCUT2D eigenvalue weighted by Gasteiger charge is 2.31. The molecule has 0 saturated heterocycles. The predicted octanol–water partition coefficient (Wildman–Crippen LogP) is 2.51. The summed E-state index contributed by atoms with van der Waals surface area (Å²) in [6.45, 7) is 0.385. The Morgan fingerprint density at radius 3 is 2.95 bits per heavy atom. The van der Waals surface area contributed by atoms with Crippen LogP contribution >= 0.6 is 34.5 Å². The van der Waals surface area contributed by atoms with Gasteiger partial charge in [-0.05, 0) is 6.07 Å². The molecule has 0 radical (unpaired) electrons. The number of alkyl halides is 1. The third-order valence-corrected chi connectivity index (χ3v) is 4.40. The number of hydrogen-bond acceptors (Lipinski definition) is 4. The quantitative estimate of drug-likeness (QED) is 0.343. The predicted molar refractivity (Wildman–Crippen MR) is 80.5 cm³/mol. The van der Waals surface area contributed by atoms with Crippen LogP contribution in [0.4, 0.5) is 0 Å². The van der Waals surface area contributed by atoms with E-state index in [1.807, 2.05) is 11.4 Å². The smallest absolute Gasteiger partial charge is 0.349 e. The normalized spacial score (nSPS) is 11.1. The van der Waals surface area contributed by atoms with Gasteiger partial charge in [-0.15, -0.1) is 11.6 Å². The van der Waals surface area contributed by atoms with E-state index in [0.717, 1.165) is 10.5 Å². The van der Waals surface area contributed by atoms with Gasteiger partial charge in [0.1, 0.15) is 17.9 Å². The number of carbonyl (C=O) groups is 1. The molecule has 0 fully saturated rings. The second-order valence-corrected chi connectivity index (χ2v) is 5.89. The van der Waals surface area contributed by atoms with E-state index in [0.29, 0.717) is 11.7 Å². The minimum absolute atomic E-state index is 0.0950. The molecule has 0 atom stereocenters. The summed E-state index contributed by atoms with van der Waals surface area (Å²) in [5.74, 6) is -0.601. The fourth-order valence-electron chi connectivity index (χ4n) is 2.11. The van der Waals surface area contributed by atoms with Gasteiger partial charge < -0.3 is 5.11 Å². The molecule has 1 N–H and O–H groups in total. The number of thiazole rings is 1. The van der Waals surface area contributed by atoms with E-state index < -0.39 is 0 Å². The molecule has 0 bridgehead atoms. The highest BCUT2D eigenvalue weighted by Crippen LogP contribution is 2.22. The maximum Gasteiger partial charge on any atom is 0.349 e. The summed E-state index contributed by atoms with van der Waals surface area (Å²) in [6, 6.07) is 3.50. The monoisotopic (exact) mass is 342 g/mol. The summed E-state index contributed by atoms with van der Waals surface area (Å²) >= 11 is 12.8. The molecule has 5 nitrogen and oxygen atoms in total. The Kier molecular flexibility index (Phi) is 3.84. The number of carbonyl (C=O) groups excluding carboxylic acids is 1. The van der Waals surface area contributed by atoms with Crippen LogP contribution in [0.5, 0.6) is 5.88 Å². The van der Waals surface area contributed by atoms with E-state index in [-0.39, 0.29) is 23.2 Å². The first kappa shape index (κ1) is 14.3. The number of nitrogens with zero attached hydrogens (tertiary/aromatic N) is 3. The number of halogens is 2. The molecular formula is C13H10Cl2N3O2S+. The average Bonchev–Trinajstić information content (AvgIpc) is 3.03. The van der Waals surface area contributed by atoms with Crippen LogP contribution in [0.2, 0.25) is 5.15 Å². The first-order valence-electron chi connectivity index (χ1n) is 6.01. The van der Waals surface area contributed by atoms with Crippen molar-refractivity contribution in [3.63, 3.8) is 0 Å². The van der Waals surface area contributed by atoms with E-state index in [1.165, 1.54) is 11.3 Å². The molecule has 3 aromatic heterocycles. The van der Waals surface area contributed by atoms with Crippen LogP contribution in [0, 0.1) is 0 Å². The summed E-state index contributed by atoms with van der Waals surface area (Å²) in [5.41, 5.74) is 1.06. The molecule has 108 valence electrons. The van der Waals surface area contributed by atoms with Crippen LogP contribution in [0.3, 0.4) is 0 Å². The number of aromatic nitrogens is 3. The van der Waals surface area contributed by atoms with Gasteiger partial charge in [0.2, 0.25) is 5.78 Å². The van der Waals surface area contributed by atoms with Crippen molar-refractivity contribution >= 4 is 45.3 Å². The van der Waals surface area contributed by atoms with Crippen LogP contribution in [-0.2, 0) is 6.54 Å². The number of Topliss-reactive ketones (excluding diaryl/α,β-unsaturated/α-hetero) is 1. The Hall–Kier alpha value is -1.63. The fraction of sp³-hybridized carbons (Fsp3) is 0.154. The molecule has 0 aliphatic heterocycles. The summed E-state index contributed by atoms with van der Waals surface area (Å²) in [6.07, 6.45) is 3.37. The van der Waals surface area contributed by atoms with Gasteiger partial charge >= 0.3 is 10.8 Å². The zero-order valence-electron chi connectivity index (χ0n) is 10.7. The molecule has 0 aliphatic carbocycles. The van der Waals surface area contributed by atoms with E-state index in [9.17, 15) is 9.90 Å². The number of pyridine rings is 1. The highest BCUT2D eigenvalue weighted by atomic mass is 35.5. The molecule has 0 unspecified atom stereocenters. The Balaban J connectivity index is 2.10. The third kappa shape index (κ3) is 2.50. The first-order valence-corrected chi connectivity index (χ1v) is 7.81. The first-order chi connectivity index (χ1) is 10.1. The Morgan fingerprint density at radius 1 is 1.48 bits per heavy atom. The second-order valence-electron chi connectivity index (χ2n) is 4.36. The van der Waals surface area contributed by atoms with E-state index >= 15 is 0 Å². The highest BCUT2D eigenvalue weighted by molar-refractivity contribution is 7.14. The van der Waals surface area contributed by atoms with E-state index in [2.05, 4.69) is 4.98 Å². The van der Waals surface area contributed by atoms with Crippen molar-refractivity contribution in [1.29, 1.82) is 0 Å². The van der Waals surface area contributed by atoms with Crippen LogP contribution in [0.1, 0.15) is 16.1 Å². The minimum Gasteiger partial charge on any atom is -0.475 e. The number of rotatable bonds is 4.